The molecule has 0 saturated carbocycles. The van der Waals surface area contributed by atoms with Crippen molar-refractivity contribution < 1.29 is 9.53 Å². The fourth-order valence-electron chi connectivity index (χ4n) is 3.13. The molecule has 0 spiro atoms. The fraction of sp³-hybridized carbons (Fsp3) is 0.389. The minimum atomic E-state index is -0.00845. The lowest BCUT2D eigenvalue weighted by Crippen LogP contribution is -2.37. The van der Waals surface area contributed by atoms with Gasteiger partial charge in [-0.25, -0.2) is 4.98 Å². The zero-order chi connectivity index (χ0) is 16.9. The number of fused-ring (bicyclic) bond motifs is 1. The highest BCUT2D eigenvalue weighted by atomic mass is 16.5. The molecule has 3 rings (SSSR count). The van der Waals surface area contributed by atoms with Crippen LogP contribution < -0.4 is 15.4 Å². The van der Waals surface area contributed by atoms with Crippen LogP contribution in [0.15, 0.2) is 37.1 Å². The maximum absolute atomic E-state index is 12.5. The van der Waals surface area contributed by atoms with Gasteiger partial charge >= 0.3 is 0 Å². The van der Waals surface area contributed by atoms with Crippen LogP contribution in [0.4, 0.5) is 5.69 Å². The summed E-state index contributed by atoms with van der Waals surface area (Å²) in [6.07, 6.45) is 5.07. The van der Waals surface area contributed by atoms with E-state index in [2.05, 4.69) is 27.2 Å². The highest BCUT2D eigenvalue weighted by Gasteiger charge is 2.25. The molecule has 0 aliphatic carbocycles. The van der Waals surface area contributed by atoms with E-state index in [4.69, 9.17) is 4.74 Å². The number of piperidine rings is 1. The van der Waals surface area contributed by atoms with Crippen molar-refractivity contribution in [3.63, 3.8) is 0 Å². The summed E-state index contributed by atoms with van der Waals surface area (Å²) in [6, 6.07) is 5.35. The van der Waals surface area contributed by atoms with Crippen LogP contribution in [0.1, 0.15) is 12.8 Å². The van der Waals surface area contributed by atoms with Crippen LogP contribution >= 0.6 is 0 Å². The molecule has 2 aromatic rings. The lowest BCUT2D eigenvalue weighted by Gasteiger charge is -2.29. The first-order valence-corrected chi connectivity index (χ1v) is 8.14. The van der Waals surface area contributed by atoms with E-state index in [-0.39, 0.29) is 5.91 Å². The number of nitrogens with one attached hydrogen (secondary N) is 2. The summed E-state index contributed by atoms with van der Waals surface area (Å²) in [6.45, 7) is 5.71. The summed E-state index contributed by atoms with van der Waals surface area (Å²) in [5.74, 6) is 1.14. The van der Waals surface area contributed by atoms with Crippen LogP contribution in [0.2, 0.25) is 0 Å². The van der Waals surface area contributed by atoms with Gasteiger partial charge in [-0.15, -0.1) is 6.58 Å². The molecule has 1 amide bonds. The summed E-state index contributed by atoms with van der Waals surface area (Å²) in [4.78, 5) is 21.2. The first-order valence-electron chi connectivity index (χ1n) is 8.14. The number of rotatable bonds is 5. The Balaban J connectivity index is 1.76. The summed E-state index contributed by atoms with van der Waals surface area (Å²) in [5.41, 5.74) is 2.02. The molecule has 6 nitrogen and oxygen atoms in total. The number of amides is 1. The quantitative estimate of drug-likeness (QED) is 0.825. The summed E-state index contributed by atoms with van der Waals surface area (Å²) in [5, 5.41) is 6.32. The molecule has 6 heteroatoms. The Kier molecular flexibility index (Phi) is 5.05. The number of hydrogen-bond acceptors (Lipinski definition) is 5. The molecule has 126 valence electrons. The van der Waals surface area contributed by atoms with Gasteiger partial charge in [0.1, 0.15) is 5.52 Å². The van der Waals surface area contributed by atoms with E-state index in [9.17, 15) is 4.79 Å². The van der Waals surface area contributed by atoms with Crippen LogP contribution in [0.5, 0.6) is 5.88 Å². The average Bonchev–Trinajstić information content (AvgIpc) is 2.62. The van der Waals surface area contributed by atoms with E-state index < -0.39 is 0 Å². The zero-order valence-corrected chi connectivity index (χ0v) is 13.8. The lowest BCUT2D eigenvalue weighted by atomic mass is 9.84. The van der Waals surface area contributed by atoms with E-state index in [0.29, 0.717) is 35.3 Å². The average molecular weight is 326 g/mol. The van der Waals surface area contributed by atoms with E-state index in [1.54, 1.807) is 25.4 Å². The first-order chi connectivity index (χ1) is 11.7. The molecular formula is C18H22N4O2. The number of carbonyl (C=O) groups is 1. The van der Waals surface area contributed by atoms with Gasteiger partial charge in [-0.1, -0.05) is 6.08 Å². The van der Waals surface area contributed by atoms with E-state index in [1.165, 1.54) is 0 Å². The maximum atomic E-state index is 12.5. The predicted molar refractivity (Wildman–Crippen MR) is 94.0 cm³/mol. The van der Waals surface area contributed by atoms with Crippen molar-refractivity contribution in [1.29, 1.82) is 0 Å². The standard InChI is InChI=1S/C18H22N4O2/c1-3-12-11-19-8-6-13(12)10-16(23)21-15-7-9-20-14-4-5-17(24-2)22-18(14)15/h3-5,7,9,12-13,19H,1,6,8,10-11H2,2H3,(H,20,21,23)/t12-,13+/m0/s1. The third-order valence-electron chi connectivity index (χ3n) is 4.47. The monoisotopic (exact) mass is 326 g/mol. The molecule has 2 aromatic heterocycles. The minimum absolute atomic E-state index is 0.00845. The molecule has 0 radical (unpaired) electrons. The molecule has 0 bridgehead atoms. The second-order valence-electron chi connectivity index (χ2n) is 5.98. The van der Waals surface area contributed by atoms with Gasteiger partial charge in [0.15, 0.2) is 0 Å². The smallest absolute Gasteiger partial charge is 0.224 e. The Morgan fingerprint density at radius 1 is 1.50 bits per heavy atom. The predicted octanol–water partition coefficient (Wildman–Crippen LogP) is 2.38. The molecule has 0 unspecified atom stereocenters. The molecule has 1 aliphatic heterocycles. The van der Waals surface area contributed by atoms with Crippen molar-refractivity contribution in [2.24, 2.45) is 11.8 Å². The highest BCUT2D eigenvalue weighted by Crippen LogP contribution is 2.26. The summed E-state index contributed by atoms with van der Waals surface area (Å²) >= 11 is 0. The minimum Gasteiger partial charge on any atom is -0.481 e. The van der Waals surface area contributed by atoms with Crippen molar-refractivity contribution in [3.05, 3.63) is 37.1 Å². The Labute approximate surface area is 141 Å². The van der Waals surface area contributed by atoms with Crippen LogP contribution in [0.3, 0.4) is 0 Å². The first kappa shape index (κ1) is 16.4. The number of hydrogen-bond donors (Lipinski definition) is 2. The molecule has 0 aromatic carbocycles. The molecular weight excluding hydrogens is 304 g/mol. The van der Waals surface area contributed by atoms with Gasteiger partial charge < -0.3 is 15.4 Å². The van der Waals surface area contributed by atoms with Crippen LogP contribution in [-0.4, -0.2) is 36.1 Å². The molecule has 2 N–H and O–H groups in total. The van der Waals surface area contributed by atoms with Crippen molar-refractivity contribution >= 4 is 22.6 Å². The van der Waals surface area contributed by atoms with Gasteiger partial charge in [-0.05, 0) is 36.9 Å². The normalized spacial score (nSPS) is 20.5. The van der Waals surface area contributed by atoms with Crippen molar-refractivity contribution in [3.8, 4) is 5.88 Å². The number of anilines is 1. The molecule has 1 saturated heterocycles. The molecule has 3 heterocycles. The number of nitrogens with zero attached hydrogens (tertiary/aromatic N) is 2. The third-order valence-corrected chi connectivity index (χ3v) is 4.47. The Hall–Kier alpha value is -2.47. The van der Waals surface area contributed by atoms with Crippen molar-refractivity contribution in [2.45, 2.75) is 12.8 Å². The van der Waals surface area contributed by atoms with Gasteiger partial charge in [-0.2, -0.15) is 0 Å². The van der Waals surface area contributed by atoms with Crippen LogP contribution in [-0.2, 0) is 4.79 Å². The van der Waals surface area contributed by atoms with Gasteiger partial charge in [-0.3, -0.25) is 9.78 Å². The Bertz CT molecular complexity index is 747. The van der Waals surface area contributed by atoms with E-state index >= 15 is 0 Å². The number of aromatic nitrogens is 2. The Morgan fingerprint density at radius 3 is 3.17 bits per heavy atom. The number of ether oxygens (including phenoxy) is 1. The lowest BCUT2D eigenvalue weighted by molar-refractivity contribution is -0.117. The molecule has 1 fully saturated rings. The second-order valence-corrected chi connectivity index (χ2v) is 5.98. The van der Waals surface area contributed by atoms with Gasteiger partial charge in [0, 0.05) is 25.2 Å². The van der Waals surface area contributed by atoms with Crippen molar-refractivity contribution in [2.75, 3.05) is 25.5 Å². The molecule has 24 heavy (non-hydrogen) atoms. The van der Waals surface area contributed by atoms with Gasteiger partial charge in [0.2, 0.25) is 11.8 Å². The van der Waals surface area contributed by atoms with Crippen LogP contribution in [0.25, 0.3) is 11.0 Å². The van der Waals surface area contributed by atoms with E-state index in [0.717, 1.165) is 25.0 Å². The number of carbonyl (C=O) groups excluding carboxylic acids is 1. The summed E-state index contributed by atoms with van der Waals surface area (Å²) in [7, 11) is 1.56. The largest absolute Gasteiger partial charge is 0.481 e. The third kappa shape index (κ3) is 3.54. The SMILES string of the molecule is C=C[C@H]1CNCC[C@@H]1CC(=O)Nc1ccnc2ccc(OC)nc12. The van der Waals surface area contributed by atoms with Crippen molar-refractivity contribution in [1.82, 2.24) is 15.3 Å². The molecule has 1 aliphatic rings. The second kappa shape index (κ2) is 7.40. The van der Waals surface area contributed by atoms with Gasteiger partial charge in [0.05, 0.1) is 18.3 Å². The van der Waals surface area contributed by atoms with E-state index in [1.807, 2.05) is 12.1 Å². The van der Waals surface area contributed by atoms with Gasteiger partial charge in [0.25, 0.3) is 0 Å². The number of pyridine rings is 2. The maximum Gasteiger partial charge on any atom is 0.224 e. The summed E-state index contributed by atoms with van der Waals surface area (Å²) < 4.78 is 5.16. The van der Waals surface area contributed by atoms with Crippen LogP contribution in [0, 0.1) is 11.8 Å². The zero-order valence-electron chi connectivity index (χ0n) is 13.8. The Morgan fingerprint density at radius 2 is 2.38 bits per heavy atom. The molecule has 2 atom stereocenters. The topological polar surface area (TPSA) is 76.1 Å². The highest BCUT2D eigenvalue weighted by molar-refractivity contribution is 5.99. The number of methoxy groups -OCH3 is 1. The fourth-order valence-corrected chi connectivity index (χ4v) is 3.13.